The van der Waals surface area contributed by atoms with Gasteiger partial charge in [-0.1, -0.05) is 6.07 Å². The Morgan fingerprint density at radius 3 is 3.00 bits per heavy atom. The molecule has 1 unspecified atom stereocenters. The molecular formula is C13H13N3OS. The Kier molecular flexibility index (Phi) is 3.00. The van der Waals surface area contributed by atoms with Gasteiger partial charge in [-0.05, 0) is 23.6 Å². The first-order valence-electron chi connectivity index (χ1n) is 5.70. The van der Waals surface area contributed by atoms with Gasteiger partial charge in [-0.15, -0.1) is 11.3 Å². The van der Waals surface area contributed by atoms with Gasteiger partial charge in [0.05, 0.1) is 11.1 Å². The molecule has 3 heterocycles. The van der Waals surface area contributed by atoms with Crippen molar-refractivity contribution in [3.05, 3.63) is 54.1 Å². The van der Waals surface area contributed by atoms with Gasteiger partial charge in [0.1, 0.15) is 11.8 Å². The number of nitrogens with two attached hydrogens (primary N) is 1. The van der Waals surface area contributed by atoms with Crippen LogP contribution in [0.2, 0.25) is 0 Å². The van der Waals surface area contributed by atoms with Gasteiger partial charge in [0.25, 0.3) is 0 Å². The molecule has 3 aromatic heterocycles. The summed E-state index contributed by atoms with van der Waals surface area (Å²) in [5, 5.41) is 2.04. The van der Waals surface area contributed by atoms with E-state index in [4.69, 9.17) is 10.2 Å². The van der Waals surface area contributed by atoms with Crippen LogP contribution in [0.15, 0.2) is 52.7 Å². The minimum atomic E-state index is -0.0143. The summed E-state index contributed by atoms with van der Waals surface area (Å²) in [6.45, 7) is 0.474. The van der Waals surface area contributed by atoms with E-state index in [-0.39, 0.29) is 6.04 Å². The molecule has 3 rings (SSSR count). The van der Waals surface area contributed by atoms with Crippen LogP contribution in [-0.2, 0) is 0 Å². The van der Waals surface area contributed by atoms with E-state index in [0.717, 1.165) is 16.5 Å². The van der Waals surface area contributed by atoms with E-state index in [1.165, 1.54) is 0 Å². The van der Waals surface area contributed by atoms with Crippen molar-refractivity contribution in [2.45, 2.75) is 6.04 Å². The van der Waals surface area contributed by atoms with E-state index in [2.05, 4.69) is 15.6 Å². The maximum atomic E-state index is 5.87. The van der Waals surface area contributed by atoms with Gasteiger partial charge >= 0.3 is 0 Å². The number of aromatic nitrogens is 2. The van der Waals surface area contributed by atoms with Crippen molar-refractivity contribution in [1.29, 1.82) is 0 Å². The molecule has 0 aliphatic carbocycles. The van der Waals surface area contributed by atoms with Crippen LogP contribution >= 0.6 is 11.3 Å². The second kappa shape index (κ2) is 4.80. The number of rotatable bonds is 4. The summed E-state index contributed by atoms with van der Waals surface area (Å²) >= 11 is 1.67. The number of hydrogen-bond donors (Lipinski definition) is 1. The SMILES string of the molecule is NCC(c1ccco1)n1ccnc1-c1cccs1. The number of hydrogen-bond acceptors (Lipinski definition) is 4. The lowest BCUT2D eigenvalue weighted by Gasteiger charge is -2.16. The van der Waals surface area contributed by atoms with Crippen molar-refractivity contribution in [2.75, 3.05) is 6.54 Å². The van der Waals surface area contributed by atoms with Crippen LogP contribution in [0.4, 0.5) is 0 Å². The Bertz CT molecular complexity index is 598. The maximum Gasteiger partial charge on any atom is 0.150 e. The molecule has 0 bridgehead atoms. The summed E-state index contributed by atoms with van der Waals surface area (Å²) in [4.78, 5) is 5.54. The molecule has 0 saturated heterocycles. The Labute approximate surface area is 109 Å². The van der Waals surface area contributed by atoms with Gasteiger partial charge in [-0.2, -0.15) is 0 Å². The quantitative estimate of drug-likeness (QED) is 0.783. The molecule has 3 aromatic rings. The van der Waals surface area contributed by atoms with Crippen LogP contribution in [0.1, 0.15) is 11.8 Å². The first kappa shape index (κ1) is 11.3. The smallest absolute Gasteiger partial charge is 0.150 e. The Morgan fingerprint density at radius 2 is 2.33 bits per heavy atom. The largest absolute Gasteiger partial charge is 0.467 e. The van der Waals surface area contributed by atoms with Gasteiger partial charge < -0.3 is 14.7 Å². The van der Waals surface area contributed by atoms with Gasteiger partial charge in [-0.25, -0.2) is 4.98 Å². The van der Waals surface area contributed by atoms with Crippen molar-refractivity contribution >= 4 is 11.3 Å². The number of nitrogens with zero attached hydrogens (tertiary/aromatic N) is 2. The fourth-order valence-corrected chi connectivity index (χ4v) is 2.73. The van der Waals surface area contributed by atoms with Crippen LogP contribution in [0.25, 0.3) is 10.7 Å². The summed E-state index contributed by atoms with van der Waals surface area (Å²) in [5.74, 6) is 1.78. The standard InChI is InChI=1S/C13H13N3OS/c14-9-10(11-3-1-7-17-11)16-6-5-15-13(16)12-4-2-8-18-12/h1-8,10H,9,14H2. The van der Waals surface area contributed by atoms with E-state index in [1.54, 1.807) is 23.8 Å². The number of imidazole rings is 1. The van der Waals surface area contributed by atoms with Crippen LogP contribution < -0.4 is 5.73 Å². The van der Waals surface area contributed by atoms with E-state index >= 15 is 0 Å². The molecule has 0 aromatic carbocycles. The molecule has 0 saturated carbocycles. The third-order valence-corrected chi connectivity index (χ3v) is 3.71. The highest BCUT2D eigenvalue weighted by atomic mass is 32.1. The van der Waals surface area contributed by atoms with Gasteiger partial charge in [0, 0.05) is 18.9 Å². The molecule has 0 aliphatic heterocycles. The zero-order valence-corrected chi connectivity index (χ0v) is 10.5. The van der Waals surface area contributed by atoms with Crippen molar-refractivity contribution in [3.63, 3.8) is 0 Å². The molecule has 18 heavy (non-hydrogen) atoms. The van der Waals surface area contributed by atoms with Crippen LogP contribution in [0, 0.1) is 0 Å². The highest BCUT2D eigenvalue weighted by Gasteiger charge is 2.18. The van der Waals surface area contributed by atoms with Crippen molar-refractivity contribution < 1.29 is 4.42 Å². The van der Waals surface area contributed by atoms with Gasteiger partial charge in [0.15, 0.2) is 5.82 Å². The Hall–Kier alpha value is -1.85. The topological polar surface area (TPSA) is 57.0 Å². The third kappa shape index (κ3) is 1.87. The molecule has 0 spiro atoms. The summed E-state index contributed by atoms with van der Waals surface area (Å²) < 4.78 is 7.52. The molecule has 1 atom stereocenters. The zero-order chi connectivity index (χ0) is 12.4. The van der Waals surface area contributed by atoms with Crippen LogP contribution in [0.5, 0.6) is 0 Å². The number of thiophene rings is 1. The Balaban J connectivity index is 2.04. The third-order valence-electron chi connectivity index (χ3n) is 2.84. The average molecular weight is 259 g/mol. The van der Waals surface area contributed by atoms with Crippen LogP contribution in [-0.4, -0.2) is 16.1 Å². The molecule has 5 heteroatoms. The highest BCUT2D eigenvalue weighted by Crippen LogP contribution is 2.28. The predicted molar refractivity (Wildman–Crippen MR) is 71.4 cm³/mol. The summed E-state index contributed by atoms with van der Waals surface area (Å²) in [6.07, 6.45) is 5.40. The summed E-state index contributed by atoms with van der Waals surface area (Å²) in [6, 6.07) is 7.87. The first-order valence-corrected chi connectivity index (χ1v) is 6.58. The highest BCUT2D eigenvalue weighted by molar-refractivity contribution is 7.13. The van der Waals surface area contributed by atoms with E-state index in [9.17, 15) is 0 Å². The van der Waals surface area contributed by atoms with E-state index in [0.29, 0.717) is 6.54 Å². The molecular weight excluding hydrogens is 246 g/mol. The van der Waals surface area contributed by atoms with Crippen molar-refractivity contribution in [3.8, 4) is 10.7 Å². The molecule has 4 nitrogen and oxygen atoms in total. The monoisotopic (exact) mass is 259 g/mol. The number of furan rings is 1. The fraction of sp³-hybridized carbons (Fsp3) is 0.154. The molecule has 0 fully saturated rings. The molecule has 0 aliphatic rings. The van der Waals surface area contributed by atoms with E-state index in [1.807, 2.05) is 29.8 Å². The van der Waals surface area contributed by atoms with Crippen molar-refractivity contribution in [2.24, 2.45) is 5.73 Å². The molecule has 0 radical (unpaired) electrons. The lowest BCUT2D eigenvalue weighted by molar-refractivity contribution is 0.434. The second-order valence-corrected chi connectivity index (χ2v) is 4.85. The Morgan fingerprint density at radius 1 is 1.39 bits per heavy atom. The lowest BCUT2D eigenvalue weighted by Crippen LogP contribution is -2.20. The zero-order valence-electron chi connectivity index (χ0n) is 9.69. The predicted octanol–water partition coefficient (Wildman–Crippen LogP) is 2.75. The fourth-order valence-electron chi connectivity index (χ4n) is 2.01. The second-order valence-electron chi connectivity index (χ2n) is 3.90. The normalized spacial score (nSPS) is 12.7. The van der Waals surface area contributed by atoms with Crippen LogP contribution in [0.3, 0.4) is 0 Å². The lowest BCUT2D eigenvalue weighted by atomic mass is 10.2. The maximum absolute atomic E-state index is 5.87. The molecule has 2 N–H and O–H groups in total. The van der Waals surface area contributed by atoms with Crippen molar-refractivity contribution in [1.82, 2.24) is 9.55 Å². The molecule has 0 amide bonds. The first-order chi connectivity index (χ1) is 8.90. The average Bonchev–Trinajstić information content (AvgIpc) is 3.13. The summed E-state index contributed by atoms with van der Waals surface area (Å²) in [5.41, 5.74) is 5.87. The van der Waals surface area contributed by atoms with Gasteiger partial charge in [0.2, 0.25) is 0 Å². The van der Waals surface area contributed by atoms with E-state index < -0.39 is 0 Å². The van der Waals surface area contributed by atoms with Gasteiger partial charge in [-0.3, -0.25) is 0 Å². The summed E-state index contributed by atoms with van der Waals surface area (Å²) in [7, 11) is 0. The molecule has 92 valence electrons. The minimum Gasteiger partial charge on any atom is -0.467 e. The minimum absolute atomic E-state index is 0.0143.